The maximum absolute atomic E-state index is 9.61. The summed E-state index contributed by atoms with van der Waals surface area (Å²) >= 11 is 0. The molecule has 2 nitrogen and oxygen atoms in total. The van der Waals surface area contributed by atoms with Crippen molar-refractivity contribution in [1.29, 1.82) is 0 Å². The molecule has 0 amide bonds. The van der Waals surface area contributed by atoms with Gasteiger partial charge < -0.3 is 10.2 Å². The van der Waals surface area contributed by atoms with Gasteiger partial charge in [0.05, 0.1) is 0 Å². The third kappa shape index (κ3) is 12.0. The van der Waals surface area contributed by atoms with Crippen molar-refractivity contribution in [3.05, 3.63) is 25.3 Å². The lowest BCUT2D eigenvalue weighted by atomic mass is 9.85. The topological polar surface area (TPSA) is 40.5 Å². The molecule has 0 radical (unpaired) electrons. The van der Waals surface area contributed by atoms with E-state index in [4.69, 9.17) is 0 Å². The SMILES string of the molecule is C=CCCCCCCC(CO)C(CO)CCCCCCC=C. The van der Waals surface area contributed by atoms with E-state index in [0.29, 0.717) is 0 Å². The molecule has 0 aliphatic heterocycles. The van der Waals surface area contributed by atoms with Gasteiger partial charge in [0.2, 0.25) is 0 Å². The Hall–Kier alpha value is -0.600. The van der Waals surface area contributed by atoms with Crippen LogP contribution in [-0.4, -0.2) is 23.4 Å². The van der Waals surface area contributed by atoms with Crippen molar-refractivity contribution in [2.24, 2.45) is 11.8 Å². The highest BCUT2D eigenvalue weighted by Gasteiger charge is 2.19. The van der Waals surface area contributed by atoms with Gasteiger partial charge >= 0.3 is 0 Å². The lowest BCUT2D eigenvalue weighted by molar-refractivity contribution is 0.104. The molecular formula is C20H38O2. The Morgan fingerprint density at radius 3 is 1.27 bits per heavy atom. The molecule has 0 rings (SSSR count). The lowest BCUT2D eigenvalue weighted by Crippen LogP contribution is -2.22. The van der Waals surface area contributed by atoms with Gasteiger partial charge in [-0.2, -0.15) is 0 Å². The first-order valence-corrected chi connectivity index (χ1v) is 9.23. The molecule has 0 aliphatic carbocycles. The molecule has 2 atom stereocenters. The molecule has 2 unspecified atom stereocenters. The first-order chi connectivity index (χ1) is 10.8. The summed E-state index contributed by atoms with van der Waals surface area (Å²) in [6.07, 6.45) is 18.0. The zero-order chi connectivity index (χ0) is 16.5. The van der Waals surface area contributed by atoms with Crippen LogP contribution in [0.15, 0.2) is 25.3 Å². The molecule has 0 fully saturated rings. The molecule has 0 aromatic carbocycles. The van der Waals surface area contributed by atoms with Crippen LogP contribution >= 0.6 is 0 Å². The van der Waals surface area contributed by atoms with Crippen molar-refractivity contribution in [3.63, 3.8) is 0 Å². The molecule has 22 heavy (non-hydrogen) atoms. The summed E-state index contributed by atoms with van der Waals surface area (Å²) in [5.41, 5.74) is 0. The van der Waals surface area contributed by atoms with Gasteiger partial charge in [0.25, 0.3) is 0 Å². The van der Waals surface area contributed by atoms with E-state index in [1.54, 1.807) is 0 Å². The van der Waals surface area contributed by atoms with Crippen molar-refractivity contribution < 1.29 is 10.2 Å². The second kappa shape index (κ2) is 16.8. The summed E-state index contributed by atoms with van der Waals surface area (Å²) in [7, 11) is 0. The third-order valence-electron chi connectivity index (χ3n) is 4.60. The van der Waals surface area contributed by atoms with Crippen LogP contribution in [0, 0.1) is 11.8 Å². The van der Waals surface area contributed by atoms with Gasteiger partial charge in [-0.3, -0.25) is 0 Å². The van der Waals surface area contributed by atoms with Crippen molar-refractivity contribution in [2.45, 2.75) is 77.0 Å². The zero-order valence-corrected chi connectivity index (χ0v) is 14.5. The van der Waals surface area contributed by atoms with E-state index in [0.717, 1.165) is 38.5 Å². The average Bonchev–Trinajstić information content (AvgIpc) is 2.54. The third-order valence-corrected chi connectivity index (χ3v) is 4.60. The molecule has 2 heteroatoms. The molecule has 0 aromatic heterocycles. The molecule has 0 aliphatic rings. The number of unbranched alkanes of at least 4 members (excludes halogenated alkanes) is 8. The molecule has 0 bridgehead atoms. The Morgan fingerprint density at radius 1 is 0.591 bits per heavy atom. The highest BCUT2D eigenvalue weighted by Crippen LogP contribution is 2.24. The summed E-state index contributed by atoms with van der Waals surface area (Å²) in [4.78, 5) is 0. The molecule has 2 N–H and O–H groups in total. The standard InChI is InChI=1S/C20H38O2/c1-3-5-7-9-11-13-15-19(17-21)20(18-22)16-14-12-10-8-6-4-2/h3-4,19-22H,1-2,5-18H2. The summed E-state index contributed by atoms with van der Waals surface area (Å²) < 4.78 is 0. The summed E-state index contributed by atoms with van der Waals surface area (Å²) in [5.74, 6) is 0.551. The van der Waals surface area contributed by atoms with E-state index in [2.05, 4.69) is 13.2 Å². The fourth-order valence-corrected chi connectivity index (χ4v) is 3.05. The minimum atomic E-state index is 0.217. The monoisotopic (exact) mass is 310 g/mol. The Bertz CT molecular complexity index is 224. The van der Waals surface area contributed by atoms with Gasteiger partial charge in [-0.1, -0.05) is 50.7 Å². The Labute approximate surface area is 138 Å². The van der Waals surface area contributed by atoms with Gasteiger partial charge in [-0.15, -0.1) is 13.2 Å². The number of hydrogen-bond acceptors (Lipinski definition) is 2. The number of hydrogen-bond donors (Lipinski definition) is 2. The number of allylic oxidation sites excluding steroid dienone is 2. The van der Waals surface area contributed by atoms with E-state index in [1.165, 1.54) is 38.5 Å². The van der Waals surface area contributed by atoms with Gasteiger partial charge in [0.1, 0.15) is 0 Å². The fraction of sp³-hybridized carbons (Fsp3) is 0.800. The molecular weight excluding hydrogens is 272 g/mol. The first-order valence-electron chi connectivity index (χ1n) is 9.23. The Kier molecular flexibility index (Phi) is 16.3. The molecule has 0 heterocycles. The van der Waals surface area contributed by atoms with Crippen LogP contribution in [-0.2, 0) is 0 Å². The van der Waals surface area contributed by atoms with Crippen molar-refractivity contribution in [2.75, 3.05) is 13.2 Å². The van der Waals surface area contributed by atoms with Crippen LogP contribution in [0.2, 0.25) is 0 Å². The lowest BCUT2D eigenvalue weighted by Gasteiger charge is -2.24. The van der Waals surface area contributed by atoms with Crippen LogP contribution < -0.4 is 0 Å². The highest BCUT2D eigenvalue weighted by atomic mass is 16.3. The molecule has 0 saturated heterocycles. The second-order valence-corrected chi connectivity index (χ2v) is 6.45. The normalized spacial score (nSPS) is 13.7. The van der Waals surface area contributed by atoms with E-state index in [-0.39, 0.29) is 25.0 Å². The molecule has 0 spiro atoms. The summed E-state index contributed by atoms with van der Waals surface area (Å²) in [5, 5.41) is 19.2. The van der Waals surface area contributed by atoms with E-state index in [1.807, 2.05) is 12.2 Å². The van der Waals surface area contributed by atoms with Crippen molar-refractivity contribution in [1.82, 2.24) is 0 Å². The zero-order valence-electron chi connectivity index (χ0n) is 14.5. The van der Waals surface area contributed by atoms with E-state index in [9.17, 15) is 10.2 Å². The average molecular weight is 311 g/mol. The fourth-order valence-electron chi connectivity index (χ4n) is 3.05. The minimum absolute atomic E-state index is 0.217. The maximum Gasteiger partial charge on any atom is 0.0462 e. The quantitative estimate of drug-likeness (QED) is 0.284. The largest absolute Gasteiger partial charge is 0.396 e. The van der Waals surface area contributed by atoms with Crippen molar-refractivity contribution >= 4 is 0 Å². The molecule has 0 saturated carbocycles. The number of rotatable bonds is 17. The van der Waals surface area contributed by atoms with Crippen LogP contribution in [0.25, 0.3) is 0 Å². The summed E-state index contributed by atoms with van der Waals surface area (Å²) in [6.45, 7) is 7.91. The van der Waals surface area contributed by atoms with Gasteiger partial charge in [0, 0.05) is 13.2 Å². The smallest absolute Gasteiger partial charge is 0.0462 e. The van der Waals surface area contributed by atoms with Crippen LogP contribution in [0.4, 0.5) is 0 Å². The molecule has 130 valence electrons. The number of aliphatic hydroxyl groups excluding tert-OH is 2. The highest BCUT2D eigenvalue weighted by molar-refractivity contribution is 4.71. The predicted molar refractivity (Wildman–Crippen MR) is 96.9 cm³/mol. The van der Waals surface area contributed by atoms with Gasteiger partial charge in [-0.05, 0) is 50.4 Å². The Morgan fingerprint density at radius 2 is 0.955 bits per heavy atom. The number of aliphatic hydroxyl groups is 2. The van der Waals surface area contributed by atoms with E-state index >= 15 is 0 Å². The maximum atomic E-state index is 9.61. The predicted octanol–water partition coefficient (Wildman–Crippen LogP) is 5.26. The first kappa shape index (κ1) is 21.4. The molecule has 0 aromatic rings. The Balaban J connectivity index is 3.78. The van der Waals surface area contributed by atoms with E-state index < -0.39 is 0 Å². The van der Waals surface area contributed by atoms with Crippen LogP contribution in [0.3, 0.4) is 0 Å². The van der Waals surface area contributed by atoms with Crippen LogP contribution in [0.5, 0.6) is 0 Å². The van der Waals surface area contributed by atoms with Crippen molar-refractivity contribution in [3.8, 4) is 0 Å². The van der Waals surface area contributed by atoms with Crippen LogP contribution in [0.1, 0.15) is 77.0 Å². The summed E-state index contributed by atoms with van der Waals surface area (Å²) in [6, 6.07) is 0. The second-order valence-electron chi connectivity index (χ2n) is 6.45. The van der Waals surface area contributed by atoms with Gasteiger partial charge in [-0.25, -0.2) is 0 Å². The van der Waals surface area contributed by atoms with Gasteiger partial charge in [0.15, 0.2) is 0 Å². The minimum Gasteiger partial charge on any atom is -0.396 e.